The fraction of sp³-hybridized carbons (Fsp3) is 0.867. The number of amides is 2. The lowest BCUT2D eigenvalue weighted by molar-refractivity contribution is -0.150. The molecule has 0 heterocycles. The van der Waals surface area contributed by atoms with Crippen molar-refractivity contribution in [1.29, 1.82) is 0 Å². The SMILES string of the molecule is CC(CO)N(C)C(=O)NC1CCC(C(=O)O)C(C)(C)C1C. The number of carbonyl (C=O) groups is 2. The third kappa shape index (κ3) is 3.67. The zero-order valence-electron chi connectivity index (χ0n) is 13.6. The van der Waals surface area contributed by atoms with E-state index in [1.54, 1.807) is 14.0 Å². The van der Waals surface area contributed by atoms with Crippen LogP contribution in [-0.4, -0.2) is 52.9 Å². The van der Waals surface area contributed by atoms with Crippen LogP contribution in [0, 0.1) is 17.3 Å². The Labute approximate surface area is 126 Å². The van der Waals surface area contributed by atoms with Gasteiger partial charge in [0.15, 0.2) is 0 Å². The van der Waals surface area contributed by atoms with Gasteiger partial charge in [-0.25, -0.2) is 4.79 Å². The van der Waals surface area contributed by atoms with Crippen molar-refractivity contribution in [2.24, 2.45) is 17.3 Å². The molecule has 0 bridgehead atoms. The Morgan fingerprint density at radius 1 is 1.38 bits per heavy atom. The quantitative estimate of drug-likeness (QED) is 0.734. The second kappa shape index (κ2) is 6.64. The zero-order chi connectivity index (χ0) is 16.4. The molecule has 0 radical (unpaired) electrons. The van der Waals surface area contributed by atoms with Gasteiger partial charge in [0.1, 0.15) is 0 Å². The van der Waals surface area contributed by atoms with E-state index in [0.29, 0.717) is 12.8 Å². The van der Waals surface area contributed by atoms with E-state index in [1.807, 2.05) is 20.8 Å². The molecule has 21 heavy (non-hydrogen) atoms. The molecule has 6 nitrogen and oxygen atoms in total. The third-order valence-corrected chi connectivity index (χ3v) is 5.29. The molecule has 4 atom stereocenters. The second-order valence-corrected chi connectivity index (χ2v) is 6.78. The third-order valence-electron chi connectivity index (χ3n) is 5.29. The zero-order valence-corrected chi connectivity index (χ0v) is 13.6. The number of carboxylic acids is 1. The van der Waals surface area contributed by atoms with Gasteiger partial charge in [-0.3, -0.25) is 4.79 Å². The van der Waals surface area contributed by atoms with E-state index in [2.05, 4.69) is 5.32 Å². The molecule has 1 aliphatic rings. The summed E-state index contributed by atoms with van der Waals surface area (Å²) in [6.07, 6.45) is 1.23. The molecule has 6 heteroatoms. The van der Waals surface area contributed by atoms with E-state index in [4.69, 9.17) is 5.11 Å². The smallest absolute Gasteiger partial charge is 0.317 e. The van der Waals surface area contributed by atoms with Gasteiger partial charge in [-0.2, -0.15) is 0 Å². The summed E-state index contributed by atoms with van der Waals surface area (Å²) in [5, 5.41) is 21.4. The van der Waals surface area contributed by atoms with E-state index in [1.165, 1.54) is 4.90 Å². The fourth-order valence-corrected chi connectivity index (χ4v) is 3.03. The topological polar surface area (TPSA) is 89.9 Å². The van der Waals surface area contributed by atoms with Crippen LogP contribution in [0.2, 0.25) is 0 Å². The monoisotopic (exact) mass is 300 g/mol. The van der Waals surface area contributed by atoms with Crippen LogP contribution in [0.4, 0.5) is 4.79 Å². The molecule has 1 aliphatic carbocycles. The Kier molecular flexibility index (Phi) is 5.61. The second-order valence-electron chi connectivity index (χ2n) is 6.78. The number of likely N-dealkylation sites (N-methyl/N-ethyl adjacent to an activating group) is 1. The summed E-state index contributed by atoms with van der Waals surface area (Å²) in [6.45, 7) is 7.59. The van der Waals surface area contributed by atoms with Crippen LogP contribution < -0.4 is 5.32 Å². The number of nitrogens with zero attached hydrogens (tertiary/aromatic N) is 1. The first-order chi connectivity index (χ1) is 9.62. The van der Waals surface area contributed by atoms with Gasteiger partial charge in [0.05, 0.1) is 18.6 Å². The minimum Gasteiger partial charge on any atom is -0.481 e. The van der Waals surface area contributed by atoms with Crippen LogP contribution in [-0.2, 0) is 4.79 Å². The lowest BCUT2D eigenvalue weighted by atomic mass is 9.61. The van der Waals surface area contributed by atoms with Crippen molar-refractivity contribution in [3.63, 3.8) is 0 Å². The van der Waals surface area contributed by atoms with Crippen LogP contribution >= 0.6 is 0 Å². The number of aliphatic carboxylic acids is 1. The molecule has 2 amide bonds. The normalized spacial score (nSPS) is 29.5. The summed E-state index contributed by atoms with van der Waals surface area (Å²) in [4.78, 5) is 25.0. The highest BCUT2D eigenvalue weighted by Crippen LogP contribution is 2.45. The Bertz CT molecular complexity index is 397. The first-order valence-corrected chi connectivity index (χ1v) is 7.49. The number of hydrogen-bond donors (Lipinski definition) is 3. The highest BCUT2D eigenvalue weighted by Gasteiger charge is 2.46. The average molecular weight is 300 g/mol. The first kappa shape index (κ1) is 17.8. The number of nitrogens with one attached hydrogen (secondary N) is 1. The van der Waals surface area contributed by atoms with Crippen LogP contribution in [0.1, 0.15) is 40.5 Å². The van der Waals surface area contributed by atoms with Gasteiger partial charge >= 0.3 is 12.0 Å². The summed E-state index contributed by atoms with van der Waals surface area (Å²) in [6, 6.07) is -0.516. The van der Waals surface area contributed by atoms with E-state index in [0.717, 1.165) is 0 Å². The summed E-state index contributed by atoms with van der Waals surface area (Å²) in [5.74, 6) is -1.08. The number of carbonyl (C=O) groups excluding carboxylic acids is 1. The minimum atomic E-state index is -0.761. The molecule has 0 aromatic heterocycles. The molecule has 4 unspecified atom stereocenters. The molecular weight excluding hydrogens is 272 g/mol. The maximum absolute atomic E-state index is 12.2. The molecule has 0 aromatic rings. The van der Waals surface area contributed by atoms with Crippen molar-refractivity contribution in [2.75, 3.05) is 13.7 Å². The first-order valence-electron chi connectivity index (χ1n) is 7.49. The molecule has 1 saturated carbocycles. The number of urea groups is 1. The van der Waals surface area contributed by atoms with E-state index in [9.17, 15) is 14.7 Å². The standard InChI is InChI=1S/C15H28N2O4/c1-9(8-18)17(5)14(21)16-12-7-6-11(13(19)20)15(3,4)10(12)2/h9-12,18H,6-8H2,1-5H3,(H,16,21)(H,19,20). The van der Waals surface area contributed by atoms with Gasteiger partial charge in [0, 0.05) is 13.1 Å². The van der Waals surface area contributed by atoms with Crippen molar-refractivity contribution in [3.05, 3.63) is 0 Å². The molecule has 3 N–H and O–H groups in total. The molecule has 122 valence electrons. The molecule has 0 spiro atoms. The van der Waals surface area contributed by atoms with Crippen molar-refractivity contribution in [1.82, 2.24) is 10.2 Å². The number of aliphatic hydroxyl groups is 1. The predicted molar refractivity (Wildman–Crippen MR) is 79.9 cm³/mol. The Hall–Kier alpha value is -1.30. The molecule has 0 aromatic carbocycles. The van der Waals surface area contributed by atoms with E-state index >= 15 is 0 Å². The highest BCUT2D eigenvalue weighted by molar-refractivity contribution is 5.75. The van der Waals surface area contributed by atoms with Crippen LogP contribution in [0.5, 0.6) is 0 Å². The average Bonchev–Trinajstić information content (AvgIpc) is 2.41. The van der Waals surface area contributed by atoms with Crippen molar-refractivity contribution in [3.8, 4) is 0 Å². The Morgan fingerprint density at radius 2 is 1.95 bits per heavy atom. The summed E-state index contributed by atoms with van der Waals surface area (Å²) < 4.78 is 0. The number of carboxylic acid groups (broad SMARTS) is 1. The van der Waals surface area contributed by atoms with Crippen LogP contribution in [0.3, 0.4) is 0 Å². The highest BCUT2D eigenvalue weighted by atomic mass is 16.4. The number of aliphatic hydroxyl groups excluding tert-OH is 1. The minimum absolute atomic E-state index is 0.0450. The molecule has 1 fully saturated rings. The van der Waals surface area contributed by atoms with Gasteiger partial charge in [-0.1, -0.05) is 20.8 Å². The lowest BCUT2D eigenvalue weighted by Crippen LogP contribution is -2.55. The molecular formula is C15H28N2O4. The number of rotatable bonds is 4. The summed E-state index contributed by atoms with van der Waals surface area (Å²) >= 11 is 0. The van der Waals surface area contributed by atoms with Gasteiger partial charge in [0.25, 0.3) is 0 Å². The van der Waals surface area contributed by atoms with E-state index < -0.39 is 5.97 Å². The van der Waals surface area contributed by atoms with Crippen LogP contribution in [0.15, 0.2) is 0 Å². The molecule has 0 saturated heterocycles. The van der Waals surface area contributed by atoms with Crippen molar-refractivity contribution in [2.45, 2.75) is 52.6 Å². The Morgan fingerprint density at radius 3 is 2.43 bits per heavy atom. The van der Waals surface area contributed by atoms with Gasteiger partial charge in [-0.05, 0) is 31.1 Å². The summed E-state index contributed by atoms with van der Waals surface area (Å²) in [7, 11) is 1.65. The lowest BCUT2D eigenvalue weighted by Gasteiger charge is -2.46. The van der Waals surface area contributed by atoms with Crippen molar-refractivity contribution >= 4 is 12.0 Å². The Balaban J connectivity index is 2.74. The number of hydrogen-bond acceptors (Lipinski definition) is 3. The maximum Gasteiger partial charge on any atom is 0.317 e. The van der Waals surface area contributed by atoms with Crippen LogP contribution in [0.25, 0.3) is 0 Å². The van der Waals surface area contributed by atoms with Crippen molar-refractivity contribution < 1.29 is 19.8 Å². The molecule has 0 aliphatic heterocycles. The maximum atomic E-state index is 12.2. The van der Waals surface area contributed by atoms with E-state index in [-0.39, 0.29) is 42.0 Å². The molecule has 1 rings (SSSR count). The predicted octanol–water partition coefficient (Wildman–Crippen LogP) is 1.53. The van der Waals surface area contributed by atoms with Gasteiger partial charge in [0.2, 0.25) is 0 Å². The largest absolute Gasteiger partial charge is 0.481 e. The van der Waals surface area contributed by atoms with Gasteiger partial charge in [-0.15, -0.1) is 0 Å². The summed E-state index contributed by atoms with van der Waals surface area (Å²) in [5.41, 5.74) is -0.372. The van der Waals surface area contributed by atoms with Gasteiger partial charge < -0.3 is 20.4 Å². The fourth-order valence-electron chi connectivity index (χ4n) is 3.03.